The van der Waals surface area contributed by atoms with Gasteiger partial charge in [0.25, 0.3) is 5.91 Å². The average Bonchev–Trinajstić information content (AvgIpc) is 2.86. The van der Waals surface area contributed by atoms with Gasteiger partial charge in [0.15, 0.2) is 0 Å². The van der Waals surface area contributed by atoms with Gasteiger partial charge in [0.1, 0.15) is 10.8 Å². The molecule has 0 aliphatic carbocycles. The van der Waals surface area contributed by atoms with Crippen LogP contribution in [0.15, 0.2) is 18.2 Å². The largest absolute Gasteiger partial charge is 0.416 e. The molecule has 1 heterocycles. The van der Waals surface area contributed by atoms with E-state index in [9.17, 15) is 22.4 Å². The number of aromatic nitrogens is 2. The smallest absolute Gasteiger partial charge is 0.296 e. The lowest BCUT2D eigenvalue weighted by Gasteiger charge is -2.12. The van der Waals surface area contributed by atoms with Gasteiger partial charge in [-0.15, -0.1) is 10.2 Å². The number of anilines is 1. The lowest BCUT2D eigenvalue weighted by atomic mass is 9.98. The van der Waals surface area contributed by atoms with Gasteiger partial charge in [-0.2, -0.15) is 13.2 Å². The second-order valence-electron chi connectivity index (χ2n) is 5.81. The number of rotatable bonds is 2. The molecule has 9 heteroatoms. The molecule has 1 aromatic heterocycles. The van der Waals surface area contributed by atoms with Crippen molar-refractivity contribution in [2.24, 2.45) is 0 Å². The van der Waals surface area contributed by atoms with E-state index in [-0.39, 0.29) is 10.5 Å². The van der Waals surface area contributed by atoms with Crippen LogP contribution in [-0.4, -0.2) is 16.1 Å². The minimum atomic E-state index is -4.66. The van der Waals surface area contributed by atoms with E-state index in [0.29, 0.717) is 23.2 Å². The molecule has 0 atom stereocenters. The molecule has 2 aromatic rings. The molecular formula is C14H13F4N3OS. The number of amides is 1. The SMILES string of the molecule is CC(C)(C)c1nnc(NC(=O)c2cc(C(F)(F)F)ccc2F)s1. The highest BCUT2D eigenvalue weighted by Crippen LogP contribution is 2.31. The number of benzene rings is 1. The summed E-state index contributed by atoms with van der Waals surface area (Å²) >= 11 is 1.08. The molecule has 23 heavy (non-hydrogen) atoms. The maximum Gasteiger partial charge on any atom is 0.416 e. The predicted molar refractivity (Wildman–Crippen MR) is 78.0 cm³/mol. The van der Waals surface area contributed by atoms with E-state index in [2.05, 4.69) is 15.5 Å². The molecule has 1 N–H and O–H groups in total. The fourth-order valence-corrected chi connectivity index (χ4v) is 2.41. The molecule has 0 bridgehead atoms. The van der Waals surface area contributed by atoms with Crippen LogP contribution in [0.1, 0.15) is 41.7 Å². The third kappa shape index (κ3) is 4.04. The summed E-state index contributed by atoms with van der Waals surface area (Å²) in [6, 6.07) is 1.66. The number of carbonyl (C=O) groups is 1. The Labute approximate surface area is 133 Å². The maximum atomic E-state index is 13.6. The molecule has 1 aromatic carbocycles. The summed E-state index contributed by atoms with van der Waals surface area (Å²) in [5.41, 5.74) is -2.09. The Bertz CT molecular complexity index is 734. The first-order valence-electron chi connectivity index (χ1n) is 6.50. The molecule has 0 radical (unpaired) electrons. The second-order valence-corrected chi connectivity index (χ2v) is 6.79. The summed E-state index contributed by atoms with van der Waals surface area (Å²) in [5.74, 6) is -2.05. The Morgan fingerprint density at radius 1 is 1.17 bits per heavy atom. The topological polar surface area (TPSA) is 54.9 Å². The normalized spacial score (nSPS) is 12.3. The quantitative estimate of drug-likeness (QED) is 0.827. The Hall–Kier alpha value is -2.03. The van der Waals surface area contributed by atoms with Gasteiger partial charge in [0.05, 0.1) is 11.1 Å². The third-order valence-corrected chi connectivity index (χ3v) is 4.09. The lowest BCUT2D eigenvalue weighted by Crippen LogP contribution is -2.15. The first-order valence-corrected chi connectivity index (χ1v) is 7.32. The zero-order chi connectivity index (χ0) is 17.4. The number of nitrogens with zero attached hydrogens (tertiary/aromatic N) is 2. The summed E-state index contributed by atoms with van der Waals surface area (Å²) in [7, 11) is 0. The van der Waals surface area contributed by atoms with Gasteiger partial charge in [-0.3, -0.25) is 10.1 Å². The van der Waals surface area contributed by atoms with Crippen LogP contribution in [-0.2, 0) is 11.6 Å². The second kappa shape index (κ2) is 5.88. The molecule has 0 saturated heterocycles. The van der Waals surface area contributed by atoms with Crippen LogP contribution in [0.3, 0.4) is 0 Å². The minimum absolute atomic E-state index is 0.0942. The molecule has 0 saturated carbocycles. The van der Waals surface area contributed by atoms with Crippen molar-refractivity contribution in [1.29, 1.82) is 0 Å². The predicted octanol–water partition coefficient (Wildman–Crippen LogP) is 4.25. The number of alkyl halides is 3. The highest BCUT2D eigenvalue weighted by molar-refractivity contribution is 7.15. The van der Waals surface area contributed by atoms with Crippen molar-refractivity contribution in [2.75, 3.05) is 5.32 Å². The van der Waals surface area contributed by atoms with Gasteiger partial charge >= 0.3 is 6.18 Å². The maximum absolute atomic E-state index is 13.6. The van der Waals surface area contributed by atoms with Crippen LogP contribution < -0.4 is 5.32 Å². The molecule has 0 spiro atoms. The molecule has 4 nitrogen and oxygen atoms in total. The van der Waals surface area contributed by atoms with Crippen LogP contribution >= 0.6 is 11.3 Å². The minimum Gasteiger partial charge on any atom is -0.296 e. The molecule has 124 valence electrons. The van der Waals surface area contributed by atoms with Crippen molar-refractivity contribution < 1.29 is 22.4 Å². The summed E-state index contributed by atoms with van der Waals surface area (Å²) in [4.78, 5) is 12.0. The number of halogens is 4. The summed E-state index contributed by atoms with van der Waals surface area (Å²) in [5, 5.41) is 10.6. The monoisotopic (exact) mass is 347 g/mol. The number of hydrogen-bond acceptors (Lipinski definition) is 4. The first kappa shape index (κ1) is 17.3. The van der Waals surface area contributed by atoms with Gasteiger partial charge in [-0.1, -0.05) is 32.1 Å². The van der Waals surface area contributed by atoms with E-state index in [4.69, 9.17) is 0 Å². The van der Waals surface area contributed by atoms with Crippen LogP contribution in [0.2, 0.25) is 0 Å². The molecule has 0 fully saturated rings. The average molecular weight is 347 g/mol. The Morgan fingerprint density at radius 2 is 1.83 bits per heavy atom. The highest BCUT2D eigenvalue weighted by atomic mass is 32.1. The van der Waals surface area contributed by atoms with Crippen LogP contribution in [0.5, 0.6) is 0 Å². The van der Waals surface area contributed by atoms with Crippen LogP contribution in [0, 0.1) is 5.82 Å². The lowest BCUT2D eigenvalue weighted by molar-refractivity contribution is -0.137. The Morgan fingerprint density at radius 3 is 2.35 bits per heavy atom. The molecular weight excluding hydrogens is 334 g/mol. The number of hydrogen-bond donors (Lipinski definition) is 1. The van der Waals surface area contributed by atoms with Gasteiger partial charge in [-0.05, 0) is 18.2 Å². The van der Waals surface area contributed by atoms with E-state index in [1.54, 1.807) is 0 Å². The molecule has 0 aliphatic heterocycles. The van der Waals surface area contributed by atoms with E-state index in [0.717, 1.165) is 11.3 Å². The van der Waals surface area contributed by atoms with E-state index < -0.39 is 29.0 Å². The van der Waals surface area contributed by atoms with Crippen molar-refractivity contribution in [3.63, 3.8) is 0 Å². The van der Waals surface area contributed by atoms with Gasteiger partial charge in [-0.25, -0.2) is 4.39 Å². The third-order valence-electron chi connectivity index (χ3n) is 2.83. The Kier molecular flexibility index (Phi) is 4.43. The van der Waals surface area contributed by atoms with E-state index >= 15 is 0 Å². The zero-order valence-electron chi connectivity index (χ0n) is 12.5. The number of nitrogens with one attached hydrogen (secondary N) is 1. The van der Waals surface area contributed by atoms with Gasteiger partial charge in [0.2, 0.25) is 5.13 Å². The van der Waals surface area contributed by atoms with Crippen molar-refractivity contribution >= 4 is 22.4 Å². The highest BCUT2D eigenvalue weighted by Gasteiger charge is 2.32. The fourth-order valence-electron chi connectivity index (χ4n) is 1.62. The molecule has 1 amide bonds. The Balaban J connectivity index is 2.26. The number of carbonyl (C=O) groups excluding carboxylic acids is 1. The van der Waals surface area contributed by atoms with Crippen molar-refractivity contribution in [2.45, 2.75) is 32.4 Å². The van der Waals surface area contributed by atoms with Crippen molar-refractivity contribution in [3.05, 3.63) is 40.2 Å². The van der Waals surface area contributed by atoms with Crippen LogP contribution in [0.4, 0.5) is 22.7 Å². The van der Waals surface area contributed by atoms with Crippen molar-refractivity contribution in [1.82, 2.24) is 10.2 Å². The molecule has 0 aliphatic rings. The summed E-state index contributed by atoms with van der Waals surface area (Å²) in [6.45, 7) is 5.68. The van der Waals surface area contributed by atoms with Gasteiger partial charge < -0.3 is 0 Å². The van der Waals surface area contributed by atoms with E-state index in [1.165, 1.54) is 0 Å². The summed E-state index contributed by atoms with van der Waals surface area (Å²) < 4.78 is 51.6. The summed E-state index contributed by atoms with van der Waals surface area (Å²) in [6.07, 6.45) is -4.66. The van der Waals surface area contributed by atoms with Crippen molar-refractivity contribution in [3.8, 4) is 0 Å². The fraction of sp³-hybridized carbons (Fsp3) is 0.357. The molecule has 2 rings (SSSR count). The first-order chi connectivity index (χ1) is 10.5. The van der Waals surface area contributed by atoms with Crippen LogP contribution in [0.25, 0.3) is 0 Å². The standard InChI is InChI=1S/C14H13F4N3OS/c1-13(2,3)11-20-21-12(23-11)19-10(22)8-6-7(14(16,17)18)4-5-9(8)15/h4-6H,1-3H3,(H,19,21,22). The van der Waals surface area contributed by atoms with Gasteiger partial charge in [0, 0.05) is 5.41 Å². The van der Waals surface area contributed by atoms with E-state index in [1.807, 2.05) is 20.8 Å². The molecule has 0 unspecified atom stereocenters. The zero-order valence-corrected chi connectivity index (χ0v) is 13.3.